The van der Waals surface area contributed by atoms with Crippen molar-refractivity contribution in [3.8, 4) is 0 Å². The zero-order chi connectivity index (χ0) is 10.4. The fraction of sp³-hybridized carbons (Fsp3) is 0.500. The first-order chi connectivity index (χ1) is 6.76. The van der Waals surface area contributed by atoms with E-state index >= 15 is 0 Å². The molecule has 76 valence electrons. The summed E-state index contributed by atoms with van der Waals surface area (Å²) in [5.74, 6) is 0.667. The average Bonchev–Trinajstić information content (AvgIpc) is 2.17. The van der Waals surface area contributed by atoms with Crippen molar-refractivity contribution in [3.63, 3.8) is 0 Å². The van der Waals surface area contributed by atoms with Crippen LogP contribution in [0.2, 0.25) is 0 Å². The zero-order valence-electron chi connectivity index (χ0n) is 8.49. The second-order valence-electron chi connectivity index (χ2n) is 2.92. The van der Waals surface area contributed by atoms with Gasteiger partial charge in [0.15, 0.2) is 6.29 Å². The van der Waals surface area contributed by atoms with Crippen molar-refractivity contribution in [1.82, 2.24) is 9.97 Å². The maximum atomic E-state index is 10.5. The molecule has 0 radical (unpaired) electrons. The molecule has 1 rings (SSSR count). The quantitative estimate of drug-likeness (QED) is 0.521. The molecule has 1 heterocycles. The minimum absolute atomic E-state index is 0.434. The van der Waals surface area contributed by atoms with E-state index in [1.54, 1.807) is 6.07 Å². The van der Waals surface area contributed by atoms with E-state index in [-0.39, 0.29) is 0 Å². The number of nitrogens with zero attached hydrogens (tertiary/aromatic N) is 2. The molecule has 0 bridgehead atoms. The Morgan fingerprint density at radius 3 is 2.93 bits per heavy atom. The predicted molar refractivity (Wildman–Crippen MR) is 52.4 cm³/mol. The molecule has 14 heavy (non-hydrogen) atoms. The molecule has 4 heteroatoms. The van der Waals surface area contributed by atoms with E-state index in [9.17, 15) is 4.79 Å². The Bertz CT molecular complexity index is 313. The van der Waals surface area contributed by atoms with E-state index in [2.05, 4.69) is 9.97 Å². The normalized spacial score (nSPS) is 10.1. The molecule has 0 unspecified atom stereocenters. The fourth-order valence-electron chi connectivity index (χ4n) is 1.14. The number of carbonyl (C=O) groups is 1. The van der Waals surface area contributed by atoms with E-state index in [1.807, 2.05) is 13.8 Å². The summed E-state index contributed by atoms with van der Waals surface area (Å²) in [6, 6.07) is 1.66. The predicted octanol–water partition coefficient (Wildman–Crippen LogP) is 1.18. The van der Waals surface area contributed by atoms with Crippen molar-refractivity contribution in [2.24, 2.45) is 0 Å². The third kappa shape index (κ3) is 3.22. The van der Waals surface area contributed by atoms with Gasteiger partial charge in [-0.05, 0) is 19.9 Å². The first-order valence-electron chi connectivity index (χ1n) is 4.63. The van der Waals surface area contributed by atoms with Gasteiger partial charge in [-0.2, -0.15) is 0 Å². The van der Waals surface area contributed by atoms with Crippen molar-refractivity contribution in [3.05, 3.63) is 23.3 Å². The van der Waals surface area contributed by atoms with Crippen molar-refractivity contribution >= 4 is 6.29 Å². The lowest BCUT2D eigenvalue weighted by Crippen LogP contribution is -2.05. The lowest BCUT2D eigenvalue weighted by Gasteiger charge is -2.02. The number of carbonyl (C=O) groups excluding carboxylic acids is 1. The second kappa shape index (κ2) is 5.44. The summed E-state index contributed by atoms with van der Waals surface area (Å²) in [4.78, 5) is 18.8. The highest BCUT2D eigenvalue weighted by atomic mass is 16.5. The van der Waals surface area contributed by atoms with Crippen LogP contribution in [0.3, 0.4) is 0 Å². The standard InChI is InChI=1S/C10H14N2O2/c1-3-14-5-4-10-11-8(2)6-9(7-13)12-10/h6-7H,3-5H2,1-2H3. The number of aryl methyl sites for hydroxylation is 1. The van der Waals surface area contributed by atoms with Gasteiger partial charge >= 0.3 is 0 Å². The molecule has 1 aromatic heterocycles. The van der Waals surface area contributed by atoms with Crippen LogP contribution in [0.5, 0.6) is 0 Å². The largest absolute Gasteiger partial charge is 0.381 e. The van der Waals surface area contributed by atoms with Gasteiger partial charge in [0.1, 0.15) is 11.5 Å². The second-order valence-corrected chi connectivity index (χ2v) is 2.92. The highest BCUT2D eigenvalue weighted by Gasteiger charge is 2.01. The van der Waals surface area contributed by atoms with Gasteiger partial charge in [0.05, 0.1) is 6.61 Å². The van der Waals surface area contributed by atoms with Crippen LogP contribution in [-0.4, -0.2) is 29.5 Å². The van der Waals surface area contributed by atoms with Gasteiger partial charge in [0, 0.05) is 18.7 Å². The molecule has 0 aliphatic carbocycles. The highest BCUT2D eigenvalue weighted by Crippen LogP contribution is 1.99. The van der Waals surface area contributed by atoms with Gasteiger partial charge in [-0.3, -0.25) is 4.79 Å². The van der Waals surface area contributed by atoms with Crippen LogP contribution >= 0.6 is 0 Å². The lowest BCUT2D eigenvalue weighted by atomic mass is 10.3. The molecule has 4 nitrogen and oxygen atoms in total. The number of ether oxygens (including phenoxy) is 1. The van der Waals surface area contributed by atoms with Crippen LogP contribution in [0.4, 0.5) is 0 Å². The molecule has 0 saturated carbocycles. The van der Waals surface area contributed by atoms with E-state index in [0.717, 1.165) is 12.0 Å². The van der Waals surface area contributed by atoms with E-state index < -0.39 is 0 Å². The molecule has 1 aromatic rings. The lowest BCUT2D eigenvalue weighted by molar-refractivity contribution is 0.111. The Balaban J connectivity index is 2.66. The van der Waals surface area contributed by atoms with Gasteiger partial charge in [0.25, 0.3) is 0 Å². The van der Waals surface area contributed by atoms with Crippen molar-refractivity contribution in [1.29, 1.82) is 0 Å². The summed E-state index contributed by atoms with van der Waals surface area (Å²) in [5, 5.41) is 0. The maximum absolute atomic E-state index is 10.5. The summed E-state index contributed by atoms with van der Waals surface area (Å²) in [6.07, 6.45) is 1.38. The molecule has 0 atom stereocenters. The third-order valence-corrected chi connectivity index (χ3v) is 1.72. The van der Waals surface area contributed by atoms with Gasteiger partial charge in [-0.25, -0.2) is 9.97 Å². The first kappa shape index (κ1) is 10.8. The number of hydrogen-bond acceptors (Lipinski definition) is 4. The highest BCUT2D eigenvalue weighted by molar-refractivity contribution is 5.71. The molecular weight excluding hydrogens is 180 g/mol. The first-order valence-corrected chi connectivity index (χ1v) is 4.63. The van der Waals surface area contributed by atoms with Crippen LogP contribution in [0, 0.1) is 6.92 Å². The Hall–Kier alpha value is -1.29. The Morgan fingerprint density at radius 2 is 2.29 bits per heavy atom. The van der Waals surface area contributed by atoms with Gasteiger partial charge < -0.3 is 4.74 Å². The van der Waals surface area contributed by atoms with E-state index in [4.69, 9.17) is 4.74 Å². The van der Waals surface area contributed by atoms with Crippen LogP contribution in [0.1, 0.15) is 28.9 Å². The number of rotatable bonds is 5. The minimum atomic E-state index is 0.434. The SMILES string of the molecule is CCOCCc1nc(C)cc(C=O)n1. The van der Waals surface area contributed by atoms with Gasteiger partial charge in [-0.15, -0.1) is 0 Å². The van der Waals surface area contributed by atoms with Crippen molar-refractivity contribution in [2.75, 3.05) is 13.2 Å². The number of hydrogen-bond donors (Lipinski definition) is 0. The molecule has 0 aliphatic heterocycles. The summed E-state index contributed by atoms with van der Waals surface area (Å²) in [5.41, 5.74) is 1.25. The van der Waals surface area contributed by atoms with Crippen molar-refractivity contribution < 1.29 is 9.53 Å². The molecule has 0 spiro atoms. The molecule has 0 aromatic carbocycles. The number of aromatic nitrogens is 2. The Kier molecular flexibility index (Phi) is 4.19. The molecule has 0 N–H and O–H groups in total. The van der Waals surface area contributed by atoms with Crippen LogP contribution in [0.15, 0.2) is 6.07 Å². The topological polar surface area (TPSA) is 52.1 Å². The van der Waals surface area contributed by atoms with Gasteiger partial charge in [-0.1, -0.05) is 0 Å². The summed E-state index contributed by atoms with van der Waals surface area (Å²) in [6.45, 7) is 5.07. The molecule has 0 amide bonds. The van der Waals surface area contributed by atoms with E-state index in [1.165, 1.54) is 0 Å². The minimum Gasteiger partial charge on any atom is -0.381 e. The molecule has 0 aliphatic rings. The average molecular weight is 194 g/mol. The Morgan fingerprint density at radius 1 is 1.50 bits per heavy atom. The van der Waals surface area contributed by atoms with Crippen LogP contribution < -0.4 is 0 Å². The fourth-order valence-corrected chi connectivity index (χ4v) is 1.14. The van der Waals surface area contributed by atoms with Crippen LogP contribution in [-0.2, 0) is 11.2 Å². The van der Waals surface area contributed by atoms with Gasteiger partial charge in [0.2, 0.25) is 0 Å². The molecule has 0 saturated heterocycles. The zero-order valence-corrected chi connectivity index (χ0v) is 8.49. The Labute approximate surface area is 83.3 Å². The summed E-state index contributed by atoms with van der Waals surface area (Å²) < 4.78 is 5.18. The smallest absolute Gasteiger partial charge is 0.168 e. The molecular formula is C10H14N2O2. The summed E-state index contributed by atoms with van der Waals surface area (Å²) >= 11 is 0. The summed E-state index contributed by atoms with van der Waals surface area (Å²) in [7, 11) is 0. The van der Waals surface area contributed by atoms with Crippen molar-refractivity contribution in [2.45, 2.75) is 20.3 Å². The van der Waals surface area contributed by atoms with E-state index in [0.29, 0.717) is 31.2 Å². The molecule has 0 fully saturated rings. The monoisotopic (exact) mass is 194 g/mol. The van der Waals surface area contributed by atoms with Crippen LogP contribution in [0.25, 0.3) is 0 Å². The maximum Gasteiger partial charge on any atom is 0.168 e. The number of aldehydes is 1. The third-order valence-electron chi connectivity index (χ3n) is 1.72.